The number of carbonyl (C=O) groups excluding carboxylic acids is 2. The fraction of sp³-hybridized carbons (Fsp3) is 0.346. The highest BCUT2D eigenvalue weighted by molar-refractivity contribution is 7.19. The van der Waals surface area contributed by atoms with Crippen LogP contribution in [0.15, 0.2) is 54.6 Å². The number of fused-ring (bicyclic) bond motifs is 1. The van der Waals surface area contributed by atoms with E-state index in [0.717, 1.165) is 31.2 Å². The van der Waals surface area contributed by atoms with Gasteiger partial charge < -0.3 is 16.4 Å². The van der Waals surface area contributed by atoms with Crippen LogP contribution in [-0.4, -0.2) is 23.7 Å². The summed E-state index contributed by atoms with van der Waals surface area (Å²) in [5.74, 6) is 0.0988. The quantitative estimate of drug-likeness (QED) is 0.311. The molecule has 3 aromatic rings. The molecule has 3 atom stereocenters. The molecule has 1 aliphatic rings. The van der Waals surface area contributed by atoms with Crippen LogP contribution in [0.2, 0.25) is 0 Å². The third-order valence-electron chi connectivity index (χ3n) is 6.38. The van der Waals surface area contributed by atoms with Gasteiger partial charge in [0.25, 0.3) is 0 Å². The largest absolute Gasteiger partial charge is 0.384 e. The van der Waals surface area contributed by atoms with Gasteiger partial charge in [-0.1, -0.05) is 48.9 Å². The minimum absolute atomic E-state index is 0.0132. The Bertz CT molecular complexity index is 1120. The van der Waals surface area contributed by atoms with Crippen molar-refractivity contribution in [1.82, 2.24) is 10.6 Å². The molecule has 1 heterocycles. The van der Waals surface area contributed by atoms with Crippen molar-refractivity contribution in [3.63, 3.8) is 0 Å². The lowest BCUT2D eigenvalue weighted by atomic mass is 9.80. The molecule has 33 heavy (non-hydrogen) atoms. The molecule has 7 heteroatoms. The van der Waals surface area contributed by atoms with Crippen LogP contribution in [0, 0.1) is 11.3 Å². The first-order chi connectivity index (χ1) is 15.9. The van der Waals surface area contributed by atoms with Gasteiger partial charge in [0, 0.05) is 27.6 Å². The molecule has 0 unspecified atom stereocenters. The lowest BCUT2D eigenvalue weighted by Gasteiger charge is -2.28. The Morgan fingerprint density at radius 2 is 1.91 bits per heavy atom. The highest BCUT2D eigenvalue weighted by Gasteiger charge is 2.30. The van der Waals surface area contributed by atoms with E-state index < -0.39 is 6.04 Å². The average Bonchev–Trinajstić information content (AvgIpc) is 3.27. The van der Waals surface area contributed by atoms with Crippen molar-refractivity contribution in [1.29, 1.82) is 5.41 Å². The van der Waals surface area contributed by atoms with Crippen molar-refractivity contribution in [2.75, 3.05) is 0 Å². The predicted molar refractivity (Wildman–Crippen MR) is 133 cm³/mol. The molecule has 0 aliphatic heterocycles. The van der Waals surface area contributed by atoms with E-state index in [4.69, 9.17) is 11.1 Å². The van der Waals surface area contributed by atoms with Gasteiger partial charge in [-0.25, -0.2) is 0 Å². The van der Waals surface area contributed by atoms with Gasteiger partial charge in [-0.15, -0.1) is 11.3 Å². The van der Waals surface area contributed by atoms with Gasteiger partial charge in [0.15, 0.2) is 0 Å². The molecule has 172 valence electrons. The van der Waals surface area contributed by atoms with Crippen LogP contribution in [-0.2, 0) is 16.1 Å². The van der Waals surface area contributed by atoms with Crippen LogP contribution in [0.3, 0.4) is 0 Å². The summed E-state index contributed by atoms with van der Waals surface area (Å²) < 4.78 is 1.29. The molecule has 6 nitrogen and oxygen atoms in total. The van der Waals surface area contributed by atoms with Crippen LogP contribution in [0.25, 0.3) is 10.1 Å². The van der Waals surface area contributed by atoms with Crippen molar-refractivity contribution in [3.05, 3.63) is 70.6 Å². The van der Waals surface area contributed by atoms with Gasteiger partial charge in [0.1, 0.15) is 11.9 Å². The summed E-state index contributed by atoms with van der Waals surface area (Å²) in [6.45, 7) is 2.08. The van der Waals surface area contributed by atoms with Crippen molar-refractivity contribution < 1.29 is 9.59 Å². The van der Waals surface area contributed by atoms with Crippen molar-refractivity contribution in [2.45, 2.75) is 51.1 Å². The second-order valence-corrected chi connectivity index (χ2v) is 9.92. The summed E-state index contributed by atoms with van der Waals surface area (Å²) >= 11 is 1.83. The Morgan fingerprint density at radius 3 is 2.64 bits per heavy atom. The van der Waals surface area contributed by atoms with Crippen molar-refractivity contribution in [2.24, 2.45) is 11.7 Å². The molecule has 5 N–H and O–H groups in total. The van der Waals surface area contributed by atoms with E-state index in [1.165, 1.54) is 15.0 Å². The number of nitrogens with two attached hydrogens (primary N) is 1. The molecule has 0 saturated heterocycles. The van der Waals surface area contributed by atoms with Crippen LogP contribution in [0.4, 0.5) is 0 Å². The molecule has 0 spiro atoms. The predicted octanol–water partition coefficient (Wildman–Crippen LogP) is 4.28. The third-order valence-corrected chi connectivity index (χ3v) is 7.65. The Labute approximate surface area is 198 Å². The number of benzene rings is 2. The number of hydrogen-bond acceptors (Lipinski definition) is 4. The summed E-state index contributed by atoms with van der Waals surface area (Å²) in [7, 11) is 0. The second-order valence-electron chi connectivity index (χ2n) is 8.81. The molecular formula is C26H30N4O2S. The lowest BCUT2D eigenvalue weighted by Crippen LogP contribution is -2.47. The molecule has 2 amide bonds. The SMILES string of the molecule is C[C@H](NC(=O)[C@@H]1CCC[C@H](c2cc3ccccc3s2)C1)C(=O)NCc1ccc(C(=N)N)cc1. The van der Waals surface area contributed by atoms with Gasteiger partial charge in [-0.05, 0) is 55.2 Å². The van der Waals surface area contributed by atoms with Gasteiger partial charge in [-0.3, -0.25) is 15.0 Å². The maximum absolute atomic E-state index is 12.9. The number of thiophene rings is 1. The summed E-state index contributed by atoms with van der Waals surface area (Å²) in [5.41, 5.74) is 7.02. The summed E-state index contributed by atoms with van der Waals surface area (Å²) in [4.78, 5) is 26.8. The average molecular weight is 463 g/mol. The van der Waals surface area contributed by atoms with E-state index in [0.29, 0.717) is 18.0 Å². The summed E-state index contributed by atoms with van der Waals surface area (Å²) in [6.07, 6.45) is 3.82. The maximum atomic E-state index is 12.9. The topological polar surface area (TPSA) is 108 Å². The normalized spacial score (nSPS) is 19.1. The smallest absolute Gasteiger partial charge is 0.242 e. The summed E-state index contributed by atoms with van der Waals surface area (Å²) in [6, 6.07) is 17.2. The highest BCUT2D eigenvalue weighted by Crippen LogP contribution is 2.41. The number of nitrogens with one attached hydrogen (secondary N) is 3. The van der Waals surface area contributed by atoms with E-state index in [1.54, 1.807) is 19.1 Å². The zero-order valence-electron chi connectivity index (χ0n) is 18.8. The lowest BCUT2D eigenvalue weighted by molar-refractivity contribution is -0.131. The zero-order chi connectivity index (χ0) is 23.4. The molecule has 2 aromatic carbocycles. The number of amides is 2. The van der Waals surface area contributed by atoms with Crippen LogP contribution in [0.5, 0.6) is 0 Å². The zero-order valence-corrected chi connectivity index (χ0v) is 19.6. The van der Waals surface area contributed by atoms with E-state index in [1.807, 2.05) is 23.5 Å². The van der Waals surface area contributed by atoms with Gasteiger partial charge >= 0.3 is 0 Å². The number of hydrogen-bond donors (Lipinski definition) is 4. The molecule has 1 aromatic heterocycles. The molecule has 4 rings (SSSR count). The Morgan fingerprint density at radius 1 is 1.15 bits per heavy atom. The Balaban J connectivity index is 1.29. The van der Waals surface area contributed by atoms with Crippen molar-refractivity contribution in [3.8, 4) is 0 Å². The monoisotopic (exact) mass is 462 g/mol. The van der Waals surface area contributed by atoms with Gasteiger partial charge in [0.2, 0.25) is 11.8 Å². The second kappa shape index (κ2) is 10.2. The molecule has 0 radical (unpaired) electrons. The minimum atomic E-state index is -0.598. The third kappa shape index (κ3) is 5.60. The maximum Gasteiger partial charge on any atom is 0.242 e. The standard InChI is InChI=1S/C26H30N4O2S/c1-16(25(31)29-15-17-9-11-18(12-10-17)24(27)28)30-26(32)21-7-4-6-19(13-21)23-14-20-5-2-3-8-22(20)33-23/h2-3,5,8-12,14,16,19,21H,4,6-7,13,15H2,1H3,(H3,27,28)(H,29,31)(H,30,32)/t16-,19-,21+/m0/s1. The van der Waals surface area contributed by atoms with E-state index >= 15 is 0 Å². The van der Waals surface area contributed by atoms with Gasteiger partial charge in [-0.2, -0.15) is 0 Å². The first kappa shape index (κ1) is 23.0. The van der Waals surface area contributed by atoms with E-state index in [2.05, 4.69) is 41.0 Å². The van der Waals surface area contributed by atoms with E-state index in [-0.39, 0.29) is 23.6 Å². The first-order valence-electron chi connectivity index (χ1n) is 11.4. The number of amidine groups is 1. The number of rotatable bonds is 7. The molecule has 0 bridgehead atoms. The Kier molecular flexibility index (Phi) is 7.08. The minimum Gasteiger partial charge on any atom is -0.384 e. The Hall–Kier alpha value is -3.19. The summed E-state index contributed by atoms with van der Waals surface area (Å²) in [5, 5.41) is 14.5. The molecule has 1 aliphatic carbocycles. The fourth-order valence-corrected chi connectivity index (χ4v) is 5.64. The number of nitrogen functional groups attached to an aromatic ring is 1. The number of carbonyl (C=O) groups is 2. The van der Waals surface area contributed by atoms with Gasteiger partial charge in [0.05, 0.1) is 0 Å². The molecule has 1 saturated carbocycles. The highest BCUT2D eigenvalue weighted by atomic mass is 32.1. The van der Waals surface area contributed by atoms with Crippen molar-refractivity contribution >= 4 is 39.1 Å². The first-order valence-corrected chi connectivity index (χ1v) is 12.2. The van der Waals surface area contributed by atoms with E-state index in [9.17, 15) is 9.59 Å². The molecule has 1 fully saturated rings. The fourth-order valence-electron chi connectivity index (χ4n) is 4.43. The van der Waals surface area contributed by atoms with Crippen LogP contribution >= 0.6 is 11.3 Å². The molecular weight excluding hydrogens is 432 g/mol. The van der Waals surface area contributed by atoms with Crippen LogP contribution in [0.1, 0.15) is 54.5 Å². The van der Waals surface area contributed by atoms with Crippen LogP contribution < -0.4 is 16.4 Å².